The van der Waals surface area contributed by atoms with Crippen molar-refractivity contribution in [2.24, 2.45) is 0 Å². The van der Waals surface area contributed by atoms with Crippen molar-refractivity contribution < 1.29 is 44.2 Å². The minimum Gasteiger partial charge on any atom is -0.477 e. The molecule has 0 saturated heterocycles. The van der Waals surface area contributed by atoms with E-state index in [1.54, 1.807) is 0 Å². The zero-order chi connectivity index (χ0) is 20.1. The molecule has 0 saturated carbocycles. The molecule has 148 valence electrons. The topological polar surface area (TPSA) is 143 Å². The lowest BCUT2D eigenvalue weighted by Gasteiger charge is -2.04. The van der Waals surface area contributed by atoms with E-state index in [1.165, 1.54) is 0 Å². The molecule has 0 aliphatic heterocycles. The van der Waals surface area contributed by atoms with Crippen LogP contribution in [0.3, 0.4) is 0 Å². The molecular weight excluding hydrogens is 383 g/mol. The Morgan fingerprint density at radius 2 is 0.880 bits per heavy atom. The van der Waals surface area contributed by atoms with Gasteiger partial charge in [0.15, 0.2) is 0 Å². The number of aliphatic carboxylic acids is 2. The molecule has 0 rings (SSSR count). The highest BCUT2D eigenvalue weighted by Crippen LogP contribution is 1.93. The molecule has 0 aliphatic carbocycles. The Kier molecular flexibility index (Phi) is 26.1. The highest BCUT2D eigenvalue weighted by molar-refractivity contribution is 6.40. The summed E-state index contributed by atoms with van der Waals surface area (Å²) >= 11 is 9.64. The summed E-state index contributed by atoms with van der Waals surface area (Å²) in [6.07, 6.45) is 0. The third-order valence-corrected chi connectivity index (χ3v) is 2.00. The summed E-state index contributed by atoms with van der Waals surface area (Å²) in [5.74, 6) is -2.34. The average Bonchev–Trinajstić information content (AvgIpc) is 2.54. The lowest BCUT2D eigenvalue weighted by atomic mass is 10.7. The van der Waals surface area contributed by atoms with Gasteiger partial charge in [-0.15, -0.1) is 0 Å². The van der Waals surface area contributed by atoms with E-state index in [2.05, 4.69) is 13.2 Å². The first-order chi connectivity index (χ1) is 11.7. The molecule has 0 spiro atoms. The second-order valence-electron chi connectivity index (χ2n) is 3.70. The molecule has 9 nitrogen and oxygen atoms in total. The minimum absolute atomic E-state index is 0.0413. The van der Waals surface area contributed by atoms with E-state index in [9.17, 15) is 9.59 Å². The molecule has 0 amide bonds. The maximum Gasteiger partial charge on any atom is 0.346 e. The van der Waals surface area contributed by atoms with Gasteiger partial charge in [0.05, 0.1) is 52.9 Å². The van der Waals surface area contributed by atoms with E-state index in [1.807, 2.05) is 0 Å². The van der Waals surface area contributed by atoms with Crippen molar-refractivity contribution in [3.8, 4) is 0 Å². The van der Waals surface area contributed by atoms with Gasteiger partial charge in [-0.05, 0) is 0 Å². The Morgan fingerprint density at radius 3 is 1.04 bits per heavy atom. The van der Waals surface area contributed by atoms with Crippen molar-refractivity contribution in [1.82, 2.24) is 0 Å². The summed E-state index contributed by atoms with van der Waals surface area (Å²) in [4.78, 5) is 18.9. The Hall–Kier alpha value is -1.20. The fraction of sp³-hybridized carbons (Fsp3) is 0.571. The number of carboxylic acids is 2. The summed E-state index contributed by atoms with van der Waals surface area (Å²) in [6.45, 7) is 8.60. The quantitative estimate of drug-likeness (QED) is 0.271. The molecule has 0 aromatic rings. The molecule has 11 heteroatoms. The van der Waals surface area contributed by atoms with E-state index in [4.69, 9.17) is 57.8 Å². The number of aliphatic hydroxyl groups is 2. The minimum atomic E-state index is -1.17. The summed E-state index contributed by atoms with van der Waals surface area (Å²) in [5.41, 5.74) is 0. The van der Waals surface area contributed by atoms with Crippen LogP contribution in [-0.2, 0) is 23.8 Å². The van der Waals surface area contributed by atoms with Gasteiger partial charge in [0, 0.05) is 0 Å². The van der Waals surface area contributed by atoms with Crippen molar-refractivity contribution in [3.05, 3.63) is 23.2 Å². The number of rotatable bonds is 12. The lowest BCUT2D eigenvalue weighted by molar-refractivity contribution is -0.132. The van der Waals surface area contributed by atoms with Crippen molar-refractivity contribution in [2.45, 2.75) is 0 Å². The van der Waals surface area contributed by atoms with Gasteiger partial charge in [-0.3, -0.25) is 0 Å². The molecular formula is C14H24Cl2O9. The molecule has 0 radical (unpaired) electrons. The van der Waals surface area contributed by atoms with Crippen LogP contribution in [-0.4, -0.2) is 85.2 Å². The highest BCUT2D eigenvalue weighted by Gasteiger charge is 1.94. The smallest absolute Gasteiger partial charge is 0.346 e. The average molecular weight is 407 g/mol. The van der Waals surface area contributed by atoms with Crippen LogP contribution in [0.2, 0.25) is 0 Å². The number of carboxylic acid groups (broad SMARTS) is 2. The Morgan fingerprint density at radius 1 is 0.680 bits per heavy atom. The third kappa shape index (κ3) is 34.9. The predicted octanol–water partition coefficient (Wildman–Crippen LogP) is 0.668. The molecule has 0 aromatic heterocycles. The Labute approximate surface area is 156 Å². The normalized spacial score (nSPS) is 9.12. The summed E-state index contributed by atoms with van der Waals surface area (Å²) in [7, 11) is 0. The number of aliphatic hydroxyl groups excluding tert-OH is 2. The van der Waals surface area contributed by atoms with Crippen LogP contribution in [0, 0.1) is 0 Å². The maximum atomic E-state index is 9.47. The molecule has 0 atom stereocenters. The van der Waals surface area contributed by atoms with Gasteiger partial charge in [0.2, 0.25) is 0 Å². The first kappa shape index (κ1) is 28.6. The van der Waals surface area contributed by atoms with Gasteiger partial charge >= 0.3 is 11.9 Å². The summed E-state index contributed by atoms with van der Waals surface area (Å²) in [6, 6.07) is 0. The molecule has 0 aliphatic rings. The SMILES string of the molecule is C=C(Cl)C(=O)O.C=C(Cl)C(=O)O.OCCOCCOCCOCCO. The molecule has 0 heterocycles. The molecule has 0 aromatic carbocycles. The number of hydrogen-bond acceptors (Lipinski definition) is 7. The molecule has 0 fully saturated rings. The van der Waals surface area contributed by atoms with Crippen LogP contribution in [0.15, 0.2) is 23.2 Å². The van der Waals surface area contributed by atoms with E-state index >= 15 is 0 Å². The van der Waals surface area contributed by atoms with Gasteiger partial charge in [-0.25, -0.2) is 9.59 Å². The second kappa shape index (κ2) is 22.8. The molecule has 4 N–H and O–H groups in total. The highest BCUT2D eigenvalue weighted by atomic mass is 35.5. The zero-order valence-corrected chi connectivity index (χ0v) is 15.2. The van der Waals surface area contributed by atoms with Crippen LogP contribution in [0.4, 0.5) is 0 Å². The van der Waals surface area contributed by atoms with Gasteiger partial charge in [-0.1, -0.05) is 36.4 Å². The summed E-state index contributed by atoms with van der Waals surface area (Å²) in [5, 5.41) is 31.5. The fourth-order valence-corrected chi connectivity index (χ4v) is 0.671. The van der Waals surface area contributed by atoms with E-state index in [-0.39, 0.29) is 23.3 Å². The number of ether oxygens (including phenoxy) is 3. The maximum absolute atomic E-state index is 9.47. The van der Waals surface area contributed by atoms with E-state index < -0.39 is 11.9 Å². The van der Waals surface area contributed by atoms with Crippen molar-refractivity contribution in [3.63, 3.8) is 0 Å². The number of halogens is 2. The number of carbonyl (C=O) groups is 2. The lowest BCUT2D eigenvalue weighted by Crippen LogP contribution is -2.11. The van der Waals surface area contributed by atoms with Gasteiger partial charge < -0.3 is 34.6 Å². The molecule has 0 bridgehead atoms. The van der Waals surface area contributed by atoms with Crippen LogP contribution >= 0.6 is 23.2 Å². The van der Waals surface area contributed by atoms with Gasteiger partial charge in [-0.2, -0.15) is 0 Å². The molecule has 0 unspecified atom stereocenters. The van der Waals surface area contributed by atoms with Crippen LogP contribution in [0.1, 0.15) is 0 Å². The third-order valence-electron chi connectivity index (χ3n) is 1.68. The van der Waals surface area contributed by atoms with E-state index in [0.717, 1.165) is 0 Å². The van der Waals surface area contributed by atoms with Gasteiger partial charge in [0.25, 0.3) is 0 Å². The van der Waals surface area contributed by atoms with Gasteiger partial charge in [0.1, 0.15) is 10.1 Å². The first-order valence-electron chi connectivity index (χ1n) is 6.81. The van der Waals surface area contributed by atoms with Crippen molar-refractivity contribution in [2.75, 3.05) is 52.9 Å². The van der Waals surface area contributed by atoms with Crippen molar-refractivity contribution in [1.29, 1.82) is 0 Å². The number of hydrogen-bond donors (Lipinski definition) is 4. The molecule has 25 heavy (non-hydrogen) atoms. The monoisotopic (exact) mass is 406 g/mol. The fourth-order valence-electron chi connectivity index (χ4n) is 0.671. The van der Waals surface area contributed by atoms with Crippen LogP contribution < -0.4 is 0 Å². The van der Waals surface area contributed by atoms with Crippen molar-refractivity contribution >= 4 is 35.1 Å². The van der Waals surface area contributed by atoms with Crippen LogP contribution in [0.5, 0.6) is 0 Å². The Balaban J connectivity index is -0.000000336. The summed E-state index contributed by atoms with van der Waals surface area (Å²) < 4.78 is 15.0. The standard InChI is InChI=1S/C8H18O5.2C3H3ClO2/c9-1-3-11-5-7-13-8-6-12-4-2-10;2*1-2(4)3(5)6/h9-10H,1-8H2;2*1H2,(H,5,6). The zero-order valence-electron chi connectivity index (χ0n) is 13.7. The second-order valence-corrected chi connectivity index (χ2v) is 4.62. The van der Waals surface area contributed by atoms with E-state index in [0.29, 0.717) is 39.6 Å². The van der Waals surface area contributed by atoms with Crippen LogP contribution in [0.25, 0.3) is 0 Å². The first-order valence-corrected chi connectivity index (χ1v) is 7.56. The Bertz CT molecular complexity index is 317. The largest absolute Gasteiger partial charge is 0.477 e. The predicted molar refractivity (Wildman–Crippen MR) is 91.9 cm³/mol.